The summed E-state index contributed by atoms with van der Waals surface area (Å²) in [7, 11) is 0. The van der Waals surface area contributed by atoms with Crippen LogP contribution < -0.4 is 10.5 Å². The zero-order chi connectivity index (χ0) is 20.5. The number of fused-ring (bicyclic) bond motifs is 1. The standard InChI is InChI=1S/C19H15F3N2O4/c20-19(21,22)28-14-6-5-12-9-16(18(23)27)24(15(12)10-14)13-3-1-2-11(8-13)4-7-17(25)26/h1-3,5-6,8-10H,4,7H2,(H2,23,27)(H,25,26). The molecule has 1 amide bonds. The van der Waals surface area contributed by atoms with Crippen LogP contribution in [0.3, 0.4) is 0 Å². The molecule has 0 aliphatic rings. The fourth-order valence-electron chi connectivity index (χ4n) is 2.94. The van der Waals surface area contributed by atoms with Crippen LogP contribution in [-0.4, -0.2) is 27.9 Å². The van der Waals surface area contributed by atoms with E-state index in [0.29, 0.717) is 22.2 Å². The van der Waals surface area contributed by atoms with Crippen molar-refractivity contribution in [2.24, 2.45) is 5.73 Å². The van der Waals surface area contributed by atoms with Crippen molar-refractivity contribution in [2.45, 2.75) is 19.2 Å². The highest BCUT2D eigenvalue weighted by Gasteiger charge is 2.31. The number of carboxylic acids is 1. The highest BCUT2D eigenvalue weighted by molar-refractivity contribution is 5.99. The number of hydrogen-bond acceptors (Lipinski definition) is 3. The van der Waals surface area contributed by atoms with Crippen LogP contribution in [0.2, 0.25) is 0 Å². The smallest absolute Gasteiger partial charge is 0.481 e. The van der Waals surface area contributed by atoms with Crippen LogP contribution in [-0.2, 0) is 11.2 Å². The highest BCUT2D eigenvalue weighted by Crippen LogP contribution is 2.31. The molecule has 0 saturated carbocycles. The van der Waals surface area contributed by atoms with Gasteiger partial charge in [0.2, 0.25) is 0 Å². The van der Waals surface area contributed by atoms with E-state index in [0.717, 1.165) is 6.07 Å². The second kappa shape index (κ2) is 7.26. The van der Waals surface area contributed by atoms with E-state index in [2.05, 4.69) is 4.74 Å². The van der Waals surface area contributed by atoms with Crippen molar-refractivity contribution in [3.63, 3.8) is 0 Å². The summed E-state index contributed by atoms with van der Waals surface area (Å²) in [5.74, 6) is -2.15. The normalized spacial score (nSPS) is 11.5. The Morgan fingerprint density at radius 3 is 2.50 bits per heavy atom. The Morgan fingerprint density at radius 2 is 1.86 bits per heavy atom. The molecule has 0 aliphatic heterocycles. The molecule has 0 fully saturated rings. The van der Waals surface area contributed by atoms with Crippen LogP contribution in [0.1, 0.15) is 22.5 Å². The van der Waals surface area contributed by atoms with Crippen LogP contribution in [0.25, 0.3) is 16.6 Å². The topological polar surface area (TPSA) is 94.6 Å². The first-order valence-corrected chi connectivity index (χ1v) is 8.16. The number of nitrogens with two attached hydrogens (primary N) is 1. The Labute approximate surface area is 156 Å². The van der Waals surface area contributed by atoms with E-state index in [-0.39, 0.29) is 18.5 Å². The van der Waals surface area contributed by atoms with E-state index in [1.165, 1.54) is 22.8 Å². The van der Waals surface area contributed by atoms with E-state index in [9.17, 15) is 22.8 Å². The molecule has 0 radical (unpaired) electrons. The number of rotatable bonds is 6. The number of hydrogen-bond donors (Lipinski definition) is 2. The minimum atomic E-state index is -4.85. The number of benzene rings is 2. The molecule has 0 unspecified atom stereocenters. The van der Waals surface area contributed by atoms with Gasteiger partial charge in [-0.2, -0.15) is 0 Å². The summed E-state index contributed by atoms with van der Waals surface area (Å²) in [5.41, 5.74) is 6.98. The van der Waals surface area contributed by atoms with Crippen molar-refractivity contribution in [1.82, 2.24) is 4.57 Å². The number of nitrogens with zero attached hydrogens (tertiary/aromatic N) is 1. The summed E-state index contributed by atoms with van der Waals surface area (Å²) < 4.78 is 43.0. The number of carbonyl (C=O) groups excluding carboxylic acids is 1. The van der Waals surface area contributed by atoms with Gasteiger partial charge in [-0.15, -0.1) is 13.2 Å². The van der Waals surface area contributed by atoms with Crippen molar-refractivity contribution in [3.8, 4) is 11.4 Å². The molecule has 1 heterocycles. The summed E-state index contributed by atoms with van der Waals surface area (Å²) >= 11 is 0. The van der Waals surface area contributed by atoms with Gasteiger partial charge in [-0.1, -0.05) is 12.1 Å². The molecule has 0 bridgehead atoms. The zero-order valence-electron chi connectivity index (χ0n) is 14.4. The average Bonchev–Trinajstić information content (AvgIpc) is 2.98. The molecule has 28 heavy (non-hydrogen) atoms. The van der Waals surface area contributed by atoms with Crippen LogP contribution >= 0.6 is 0 Å². The van der Waals surface area contributed by atoms with E-state index >= 15 is 0 Å². The van der Waals surface area contributed by atoms with Gasteiger partial charge in [-0.05, 0) is 42.3 Å². The van der Waals surface area contributed by atoms with Crippen molar-refractivity contribution in [3.05, 3.63) is 59.8 Å². The lowest BCUT2D eigenvalue weighted by Gasteiger charge is -2.12. The van der Waals surface area contributed by atoms with Crippen LogP contribution in [0.5, 0.6) is 5.75 Å². The predicted octanol–water partition coefficient (Wildman–Crippen LogP) is 3.65. The second-order valence-corrected chi connectivity index (χ2v) is 6.06. The van der Waals surface area contributed by atoms with Gasteiger partial charge in [0.25, 0.3) is 5.91 Å². The van der Waals surface area contributed by atoms with Crippen molar-refractivity contribution >= 4 is 22.8 Å². The first-order chi connectivity index (χ1) is 13.1. The van der Waals surface area contributed by atoms with E-state index < -0.39 is 24.0 Å². The van der Waals surface area contributed by atoms with E-state index in [1.807, 2.05) is 0 Å². The molecule has 0 spiro atoms. The third kappa shape index (κ3) is 4.25. The third-order valence-corrected chi connectivity index (χ3v) is 4.06. The molecule has 6 nitrogen and oxygen atoms in total. The quantitative estimate of drug-likeness (QED) is 0.670. The van der Waals surface area contributed by atoms with Crippen molar-refractivity contribution in [2.75, 3.05) is 0 Å². The molecular weight excluding hydrogens is 377 g/mol. The van der Waals surface area contributed by atoms with Gasteiger partial charge in [0.1, 0.15) is 11.4 Å². The molecule has 2 aromatic carbocycles. The first kappa shape index (κ1) is 19.3. The molecule has 3 N–H and O–H groups in total. The number of carbonyl (C=O) groups is 2. The number of ether oxygens (including phenoxy) is 1. The molecule has 9 heteroatoms. The molecule has 0 atom stereocenters. The summed E-state index contributed by atoms with van der Waals surface area (Å²) in [6, 6.07) is 11.9. The maximum atomic E-state index is 12.6. The van der Waals surface area contributed by atoms with Crippen LogP contribution in [0, 0.1) is 0 Å². The number of carboxylic acid groups (broad SMARTS) is 1. The van der Waals surface area contributed by atoms with Crippen LogP contribution in [0.15, 0.2) is 48.5 Å². The van der Waals surface area contributed by atoms with Gasteiger partial charge in [-0.25, -0.2) is 0 Å². The Kier molecular flexibility index (Phi) is 5.00. The zero-order valence-corrected chi connectivity index (χ0v) is 14.4. The molecule has 3 rings (SSSR count). The molecule has 3 aromatic rings. The fourth-order valence-corrected chi connectivity index (χ4v) is 2.94. The molecular formula is C19H15F3N2O4. The summed E-state index contributed by atoms with van der Waals surface area (Å²) in [4.78, 5) is 22.7. The fraction of sp³-hybridized carbons (Fsp3) is 0.158. The van der Waals surface area contributed by atoms with Crippen molar-refractivity contribution < 1.29 is 32.6 Å². The maximum Gasteiger partial charge on any atom is 0.573 e. The predicted molar refractivity (Wildman–Crippen MR) is 94.4 cm³/mol. The van der Waals surface area contributed by atoms with Gasteiger partial charge in [0.05, 0.1) is 5.52 Å². The second-order valence-electron chi connectivity index (χ2n) is 6.06. The van der Waals surface area contributed by atoms with Gasteiger partial charge < -0.3 is 20.1 Å². The minimum absolute atomic E-state index is 0.0783. The van der Waals surface area contributed by atoms with Gasteiger partial charge in [-0.3, -0.25) is 9.59 Å². The summed E-state index contributed by atoms with van der Waals surface area (Å²) in [6.07, 6.45) is -4.67. The number of amides is 1. The summed E-state index contributed by atoms with van der Waals surface area (Å²) in [6.45, 7) is 0. The van der Waals surface area contributed by atoms with Gasteiger partial charge in [0.15, 0.2) is 0 Å². The van der Waals surface area contributed by atoms with Gasteiger partial charge in [0, 0.05) is 23.6 Å². The molecule has 0 aliphatic carbocycles. The average molecular weight is 392 g/mol. The molecule has 1 aromatic heterocycles. The highest BCUT2D eigenvalue weighted by atomic mass is 19.4. The molecule has 0 saturated heterocycles. The number of alkyl halides is 3. The van der Waals surface area contributed by atoms with E-state index in [4.69, 9.17) is 10.8 Å². The lowest BCUT2D eigenvalue weighted by molar-refractivity contribution is -0.274. The van der Waals surface area contributed by atoms with E-state index in [1.54, 1.807) is 24.3 Å². The van der Waals surface area contributed by atoms with Crippen LogP contribution in [0.4, 0.5) is 13.2 Å². The Morgan fingerprint density at radius 1 is 1.11 bits per heavy atom. The third-order valence-electron chi connectivity index (χ3n) is 4.06. The SMILES string of the molecule is NC(=O)c1cc2ccc(OC(F)(F)F)cc2n1-c1cccc(CCC(=O)O)c1. The van der Waals surface area contributed by atoms with Crippen molar-refractivity contribution in [1.29, 1.82) is 0 Å². The number of primary amides is 1. The lowest BCUT2D eigenvalue weighted by Crippen LogP contribution is -2.17. The first-order valence-electron chi connectivity index (χ1n) is 8.16. The lowest BCUT2D eigenvalue weighted by atomic mass is 10.1. The number of aliphatic carboxylic acids is 1. The monoisotopic (exact) mass is 392 g/mol. The Balaban J connectivity index is 2.13. The number of aromatic nitrogens is 1. The Bertz CT molecular complexity index is 1060. The largest absolute Gasteiger partial charge is 0.573 e. The van der Waals surface area contributed by atoms with Gasteiger partial charge >= 0.3 is 12.3 Å². The Hall–Kier alpha value is -3.49. The number of aryl methyl sites for hydroxylation is 1. The minimum Gasteiger partial charge on any atom is -0.481 e. The number of halogens is 3. The summed E-state index contributed by atoms with van der Waals surface area (Å²) in [5, 5.41) is 9.34. The molecule has 146 valence electrons. The maximum absolute atomic E-state index is 12.6.